The molecule has 140 valence electrons. The third kappa shape index (κ3) is 3.74. The molecule has 1 aliphatic rings. The van der Waals surface area contributed by atoms with E-state index in [0.717, 1.165) is 60.6 Å². The van der Waals surface area contributed by atoms with E-state index in [1.54, 1.807) is 0 Å². The molecule has 1 amide bonds. The number of carbonyl (C=O) groups is 1. The summed E-state index contributed by atoms with van der Waals surface area (Å²) in [7, 11) is 0. The van der Waals surface area contributed by atoms with Crippen LogP contribution in [0.15, 0.2) is 42.6 Å². The van der Waals surface area contributed by atoms with E-state index in [9.17, 15) is 4.79 Å². The number of aromatic nitrogens is 2. The lowest BCUT2D eigenvalue weighted by atomic mass is 10.1. The summed E-state index contributed by atoms with van der Waals surface area (Å²) in [6, 6.07) is 12.3. The van der Waals surface area contributed by atoms with Crippen molar-refractivity contribution in [3.8, 4) is 0 Å². The Balaban J connectivity index is 1.37. The number of rotatable bonds is 4. The first-order chi connectivity index (χ1) is 13.1. The van der Waals surface area contributed by atoms with Gasteiger partial charge < -0.3 is 9.88 Å². The zero-order chi connectivity index (χ0) is 18.8. The third-order valence-corrected chi connectivity index (χ3v) is 5.57. The predicted octanol–water partition coefficient (Wildman–Crippen LogP) is 3.07. The van der Waals surface area contributed by atoms with E-state index in [1.807, 2.05) is 29.3 Å². The van der Waals surface area contributed by atoms with Crippen molar-refractivity contribution in [2.45, 2.75) is 26.8 Å². The largest absolute Gasteiger partial charge is 0.358 e. The standard InChI is InChI=1S/C22H26N4O/c1-16-6-5-9-23-21(16)15-25-10-12-26(13-11-25)22(27)14-19-17(2)24-20-8-4-3-7-18(19)20/h3-9,24H,10-15H2,1-2H3. The summed E-state index contributed by atoms with van der Waals surface area (Å²) >= 11 is 0. The van der Waals surface area contributed by atoms with Crippen molar-refractivity contribution in [2.75, 3.05) is 26.2 Å². The second-order valence-corrected chi connectivity index (χ2v) is 7.37. The van der Waals surface area contributed by atoms with Crippen molar-refractivity contribution in [1.82, 2.24) is 19.8 Å². The second kappa shape index (κ2) is 7.53. The van der Waals surface area contributed by atoms with E-state index < -0.39 is 0 Å². The smallest absolute Gasteiger partial charge is 0.227 e. The van der Waals surface area contributed by atoms with Gasteiger partial charge in [-0.1, -0.05) is 24.3 Å². The molecule has 4 rings (SSSR count). The summed E-state index contributed by atoms with van der Waals surface area (Å²) in [4.78, 5) is 25.1. The number of nitrogens with zero attached hydrogens (tertiary/aromatic N) is 3. The van der Waals surface area contributed by atoms with E-state index in [-0.39, 0.29) is 5.91 Å². The van der Waals surface area contributed by atoms with E-state index >= 15 is 0 Å². The highest BCUT2D eigenvalue weighted by Gasteiger charge is 2.23. The molecular formula is C22H26N4O. The number of carbonyl (C=O) groups excluding carboxylic acids is 1. The van der Waals surface area contributed by atoms with Gasteiger partial charge in [-0.2, -0.15) is 0 Å². The summed E-state index contributed by atoms with van der Waals surface area (Å²) in [6.07, 6.45) is 2.32. The molecule has 0 saturated carbocycles. The Morgan fingerprint density at radius 1 is 1.07 bits per heavy atom. The van der Waals surface area contributed by atoms with E-state index in [0.29, 0.717) is 6.42 Å². The SMILES string of the molecule is Cc1cccnc1CN1CCN(C(=O)Cc2c(C)[nH]c3ccccc23)CC1. The van der Waals surface area contributed by atoms with Gasteiger partial charge in [0.25, 0.3) is 0 Å². The van der Waals surface area contributed by atoms with Crippen molar-refractivity contribution in [1.29, 1.82) is 0 Å². The van der Waals surface area contributed by atoms with Crippen molar-refractivity contribution in [3.05, 3.63) is 65.1 Å². The van der Waals surface area contributed by atoms with Crippen LogP contribution in [0.2, 0.25) is 0 Å². The summed E-state index contributed by atoms with van der Waals surface area (Å²) in [5, 5.41) is 1.16. The molecule has 5 nitrogen and oxygen atoms in total. The Labute approximate surface area is 160 Å². The zero-order valence-electron chi connectivity index (χ0n) is 16.0. The number of hydrogen-bond donors (Lipinski definition) is 1. The lowest BCUT2D eigenvalue weighted by molar-refractivity contribution is -0.132. The molecule has 0 bridgehead atoms. The van der Waals surface area contributed by atoms with Crippen LogP contribution in [0.25, 0.3) is 10.9 Å². The Hall–Kier alpha value is -2.66. The highest BCUT2D eigenvalue weighted by Crippen LogP contribution is 2.23. The van der Waals surface area contributed by atoms with Gasteiger partial charge in [0.15, 0.2) is 0 Å². The van der Waals surface area contributed by atoms with Crippen LogP contribution in [0.4, 0.5) is 0 Å². The average molecular weight is 362 g/mol. The van der Waals surface area contributed by atoms with Crippen LogP contribution in [0.3, 0.4) is 0 Å². The zero-order valence-corrected chi connectivity index (χ0v) is 16.0. The highest BCUT2D eigenvalue weighted by atomic mass is 16.2. The minimum atomic E-state index is 0.219. The van der Waals surface area contributed by atoms with Crippen LogP contribution in [0.5, 0.6) is 0 Å². The number of para-hydroxylation sites is 1. The van der Waals surface area contributed by atoms with Gasteiger partial charge in [0.1, 0.15) is 0 Å². The number of hydrogen-bond acceptors (Lipinski definition) is 3. The number of piperazine rings is 1. The molecule has 27 heavy (non-hydrogen) atoms. The number of H-pyrrole nitrogens is 1. The minimum Gasteiger partial charge on any atom is -0.358 e. The van der Waals surface area contributed by atoms with Crippen molar-refractivity contribution < 1.29 is 4.79 Å². The number of amides is 1. The van der Waals surface area contributed by atoms with Gasteiger partial charge in [-0.15, -0.1) is 0 Å². The van der Waals surface area contributed by atoms with Crippen LogP contribution < -0.4 is 0 Å². The van der Waals surface area contributed by atoms with E-state index in [1.165, 1.54) is 5.56 Å². The maximum atomic E-state index is 12.9. The van der Waals surface area contributed by atoms with Crippen molar-refractivity contribution >= 4 is 16.8 Å². The van der Waals surface area contributed by atoms with E-state index in [4.69, 9.17) is 0 Å². The first-order valence-corrected chi connectivity index (χ1v) is 9.58. The normalized spacial score (nSPS) is 15.4. The predicted molar refractivity (Wildman–Crippen MR) is 108 cm³/mol. The third-order valence-electron chi connectivity index (χ3n) is 5.57. The average Bonchev–Trinajstić information content (AvgIpc) is 2.99. The number of fused-ring (bicyclic) bond motifs is 1. The maximum absolute atomic E-state index is 12.9. The molecule has 2 aromatic heterocycles. The molecule has 1 aliphatic heterocycles. The minimum absolute atomic E-state index is 0.219. The van der Waals surface area contributed by atoms with Gasteiger partial charge in [0.2, 0.25) is 5.91 Å². The molecule has 5 heteroatoms. The summed E-state index contributed by atoms with van der Waals surface area (Å²) in [5.74, 6) is 0.219. The molecule has 1 aromatic carbocycles. The Morgan fingerprint density at radius 3 is 2.63 bits per heavy atom. The number of aromatic amines is 1. The molecule has 1 fully saturated rings. The second-order valence-electron chi connectivity index (χ2n) is 7.37. The molecular weight excluding hydrogens is 336 g/mol. The lowest BCUT2D eigenvalue weighted by Crippen LogP contribution is -2.48. The van der Waals surface area contributed by atoms with Crippen molar-refractivity contribution in [3.63, 3.8) is 0 Å². The maximum Gasteiger partial charge on any atom is 0.227 e. The summed E-state index contributed by atoms with van der Waals surface area (Å²) in [6.45, 7) is 8.37. The van der Waals surface area contributed by atoms with Crippen LogP contribution in [0, 0.1) is 13.8 Å². The highest BCUT2D eigenvalue weighted by molar-refractivity contribution is 5.90. The van der Waals surface area contributed by atoms with E-state index in [2.05, 4.69) is 46.9 Å². The fourth-order valence-corrected chi connectivity index (χ4v) is 3.88. The topological polar surface area (TPSA) is 52.2 Å². The van der Waals surface area contributed by atoms with Crippen molar-refractivity contribution in [2.24, 2.45) is 0 Å². The Bertz CT molecular complexity index is 954. The number of nitrogens with one attached hydrogen (secondary N) is 1. The fourth-order valence-electron chi connectivity index (χ4n) is 3.88. The molecule has 0 aliphatic carbocycles. The first kappa shape index (κ1) is 17.7. The van der Waals surface area contributed by atoms with Gasteiger partial charge in [-0.3, -0.25) is 14.7 Å². The lowest BCUT2D eigenvalue weighted by Gasteiger charge is -2.34. The molecule has 3 aromatic rings. The Morgan fingerprint density at radius 2 is 1.85 bits per heavy atom. The van der Waals surface area contributed by atoms with Crippen LogP contribution in [0.1, 0.15) is 22.5 Å². The van der Waals surface area contributed by atoms with Gasteiger partial charge in [0, 0.05) is 55.5 Å². The molecule has 0 spiro atoms. The van der Waals surface area contributed by atoms with Gasteiger partial charge in [-0.25, -0.2) is 0 Å². The molecule has 0 atom stereocenters. The number of benzene rings is 1. The fraction of sp³-hybridized carbons (Fsp3) is 0.364. The summed E-state index contributed by atoms with van der Waals surface area (Å²) < 4.78 is 0. The number of pyridine rings is 1. The Kier molecular flexibility index (Phi) is 4.94. The molecule has 0 radical (unpaired) electrons. The van der Waals surface area contributed by atoms with Crippen LogP contribution in [-0.4, -0.2) is 51.9 Å². The monoisotopic (exact) mass is 362 g/mol. The van der Waals surface area contributed by atoms with Crippen LogP contribution >= 0.6 is 0 Å². The van der Waals surface area contributed by atoms with Crippen LogP contribution in [-0.2, 0) is 17.8 Å². The van der Waals surface area contributed by atoms with Gasteiger partial charge in [-0.05, 0) is 37.1 Å². The molecule has 1 saturated heterocycles. The van der Waals surface area contributed by atoms with Gasteiger partial charge in [0.05, 0.1) is 12.1 Å². The van der Waals surface area contributed by atoms with Gasteiger partial charge >= 0.3 is 0 Å². The molecule has 0 unspecified atom stereocenters. The number of aryl methyl sites for hydroxylation is 2. The summed E-state index contributed by atoms with van der Waals surface area (Å²) in [5.41, 5.74) is 5.68. The molecule has 1 N–H and O–H groups in total. The first-order valence-electron chi connectivity index (χ1n) is 9.58. The quantitative estimate of drug-likeness (QED) is 0.776. The molecule has 3 heterocycles.